The molecule has 0 radical (unpaired) electrons. The maximum atomic E-state index is 11.5. The molecule has 0 fully saturated rings. The minimum absolute atomic E-state index is 0.0395. The average molecular weight is 301 g/mol. The van der Waals surface area contributed by atoms with Gasteiger partial charge in [-0.25, -0.2) is 22.7 Å². The van der Waals surface area contributed by atoms with Crippen molar-refractivity contribution < 1.29 is 23.1 Å². The highest BCUT2D eigenvalue weighted by Gasteiger charge is 2.08. The van der Waals surface area contributed by atoms with Gasteiger partial charge in [-0.1, -0.05) is 0 Å². The van der Waals surface area contributed by atoms with Gasteiger partial charge < -0.3 is 15.7 Å². The van der Waals surface area contributed by atoms with Crippen LogP contribution in [-0.2, 0) is 10.0 Å². The lowest BCUT2D eigenvalue weighted by atomic mass is 10.2. The summed E-state index contributed by atoms with van der Waals surface area (Å²) in [5, 5.41) is 13.5. The van der Waals surface area contributed by atoms with Gasteiger partial charge in [0.1, 0.15) is 0 Å². The Morgan fingerprint density at radius 3 is 2.30 bits per heavy atom. The van der Waals surface area contributed by atoms with E-state index >= 15 is 0 Å². The first kappa shape index (κ1) is 15.9. The Bertz CT molecular complexity index is 583. The highest BCUT2D eigenvalue weighted by atomic mass is 32.2. The summed E-state index contributed by atoms with van der Waals surface area (Å²) in [6.45, 7) is -0.0395. The average Bonchev–Trinajstić information content (AvgIpc) is 2.39. The lowest BCUT2D eigenvalue weighted by Crippen LogP contribution is -2.35. The first-order valence-corrected chi connectivity index (χ1v) is 7.29. The normalized spacial score (nSPS) is 10.8. The van der Waals surface area contributed by atoms with Gasteiger partial charge in [0, 0.05) is 12.2 Å². The summed E-state index contributed by atoms with van der Waals surface area (Å²) >= 11 is 0. The number of urea groups is 1. The van der Waals surface area contributed by atoms with Gasteiger partial charge in [0.15, 0.2) is 0 Å². The number of carbonyl (C=O) groups is 2. The predicted molar refractivity (Wildman–Crippen MR) is 73.3 cm³/mol. The molecule has 0 heterocycles. The van der Waals surface area contributed by atoms with Crippen LogP contribution in [0.1, 0.15) is 10.4 Å². The molecule has 0 atom stereocenters. The SMILES string of the molecule is CNS(=O)(=O)CCNC(=O)Nc1ccc(C(=O)O)cc1. The monoisotopic (exact) mass is 301 g/mol. The van der Waals surface area contributed by atoms with Crippen molar-refractivity contribution in [3.63, 3.8) is 0 Å². The Morgan fingerprint density at radius 1 is 1.20 bits per heavy atom. The van der Waals surface area contributed by atoms with Crippen molar-refractivity contribution in [3.05, 3.63) is 29.8 Å². The molecule has 1 aromatic rings. The number of aromatic carboxylic acids is 1. The fraction of sp³-hybridized carbons (Fsp3) is 0.273. The summed E-state index contributed by atoms with van der Waals surface area (Å²) in [5.74, 6) is -1.28. The third-order valence-electron chi connectivity index (χ3n) is 2.36. The third kappa shape index (κ3) is 5.24. The van der Waals surface area contributed by atoms with Crippen molar-refractivity contribution in [1.82, 2.24) is 10.0 Å². The van der Waals surface area contributed by atoms with Crippen LogP contribution < -0.4 is 15.4 Å². The summed E-state index contributed by atoms with van der Waals surface area (Å²) in [6, 6.07) is 5.01. The van der Waals surface area contributed by atoms with Crippen molar-refractivity contribution in [2.24, 2.45) is 0 Å². The van der Waals surface area contributed by atoms with Crippen molar-refractivity contribution in [1.29, 1.82) is 0 Å². The molecule has 1 rings (SSSR count). The number of carboxylic acid groups (broad SMARTS) is 1. The van der Waals surface area contributed by atoms with Gasteiger partial charge in [0.25, 0.3) is 0 Å². The van der Waals surface area contributed by atoms with Crippen LogP contribution in [0.15, 0.2) is 24.3 Å². The molecule has 8 nitrogen and oxygen atoms in total. The van der Waals surface area contributed by atoms with Gasteiger partial charge in [-0.15, -0.1) is 0 Å². The molecule has 0 aliphatic heterocycles. The van der Waals surface area contributed by atoms with Crippen LogP contribution in [-0.4, -0.2) is 44.9 Å². The van der Waals surface area contributed by atoms with E-state index in [1.54, 1.807) is 0 Å². The molecular weight excluding hydrogens is 286 g/mol. The molecule has 2 amide bonds. The minimum atomic E-state index is -3.36. The van der Waals surface area contributed by atoms with Crippen molar-refractivity contribution in [2.75, 3.05) is 24.7 Å². The molecule has 0 aromatic heterocycles. The Morgan fingerprint density at radius 2 is 1.80 bits per heavy atom. The van der Waals surface area contributed by atoms with Crippen LogP contribution in [0.3, 0.4) is 0 Å². The van der Waals surface area contributed by atoms with Gasteiger partial charge in [-0.05, 0) is 31.3 Å². The maximum absolute atomic E-state index is 11.5. The largest absolute Gasteiger partial charge is 0.478 e. The Labute approximate surface area is 116 Å². The van der Waals surface area contributed by atoms with Gasteiger partial charge >= 0.3 is 12.0 Å². The number of hydrogen-bond acceptors (Lipinski definition) is 4. The number of hydrogen-bond donors (Lipinski definition) is 4. The summed E-state index contributed by atoms with van der Waals surface area (Å²) in [6.07, 6.45) is 0. The van der Waals surface area contributed by atoms with Crippen LogP contribution in [0, 0.1) is 0 Å². The van der Waals surface area contributed by atoms with Crippen molar-refractivity contribution >= 4 is 27.7 Å². The molecule has 0 aliphatic carbocycles. The molecule has 1 aromatic carbocycles. The molecule has 0 bridgehead atoms. The first-order valence-electron chi connectivity index (χ1n) is 5.63. The Kier molecular flexibility index (Phi) is 5.47. The van der Waals surface area contributed by atoms with Crippen LogP contribution >= 0.6 is 0 Å². The summed E-state index contributed by atoms with van der Waals surface area (Å²) < 4.78 is 24.3. The molecule has 20 heavy (non-hydrogen) atoms. The van der Waals surface area contributed by atoms with Gasteiger partial charge in [0.2, 0.25) is 10.0 Å². The zero-order valence-electron chi connectivity index (χ0n) is 10.7. The van der Waals surface area contributed by atoms with Gasteiger partial charge in [-0.3, -0.25) is 0 Å². The van der Waals surface area contributed by atoms with Crippen LogP contribution in [0.25, 0.3) is 0 Å². The van der Waals surface area contributed by atoms with E-state index in [-0.39, 0.29) is 17.9 Å². The Hall–Kier alpha value is -2.13. The lowest BCUT2D eigenvalue weighted by Gasteiger charge is -2.08. The fourth-order valence-corrected chi connectivity index (χ4v) is 1.85. The minimum Gasteiger partial charge on any atom is -0.478 e. The van der Waals surface area contributed by atoms with Crippen LogP contribution in [0.5, 0.6) is 0 Å². The van der Waals surface area contributed by atoms with E-state index in [9.17, 15) is 18.0 Å². The molecule has 0 unspecified atom stereocenters. The highest BCUT2D eigenvalue weighted by molar-refractivity contribution is 7.89. The van der Waals surface area contributed by atoms with Gasteiger partial charge in [-0.2, -0.15) is 0 Å². The van der Waals surface area contributed by atoms with E-state index < -0.39 is 22.0 Å². The van der Waals surface area contributed by atoms with Crippen molar-refractivity contribution in [2.45, 2.75) is 0 Å². The standard InChI is InChI=1S/C11H15N3O5S/c1-12-20(18,19)7-6-13-11(17)14-9-4-2-8(3-5-9)10(15)16/h2-5,12H,6-7H2,1H3,(H,15,16)(H2,13,14,17). The van der Waals surface area contributed by atoms with E-state index in [2.05, 4.69) is 15.4 Å². The fourth-order valence-electron chi connectivity index (χ4n) is 1.27. The number of anilines is 1. The smallest absolute Gasteiger partial charge is 0.335 e. The number of amides is 2. The predicted octanol–water partition coefficient (Wildman–Crippen LogP) is 0.0555. The topological polar surface area (TPSA) is 125 Å². The summed E-state index contributed by atoms with van der Waals surface area (Å²) in [7, 11) is -2.07. The molecule has 110 valence electrons. The van der Waals surface area contributed by atoms with E-state index in [0.29, 0.717) is 5.69 Å². The second-order valence-corrected chi connectivity index (χ2v) is 5.83. The second-order valence-electron chi connectivity index (χ2n) is 3.79. The van der Waals surface area contributed by atoms with E-state index in [1.807, 2.05) is 0 Å². The molecule has 0 saturated carbocycles. The van der Waals surface area contributed by atoms with E-state index in [0.717, 1.165) is 0 Å². The number of rotatable bonds is 6. The quantitative estimate of drug-likeness (QED) is 0.591. The lowest BCUT2D eigenvalue weighted by molar-refractivity contribution is 0.0697. The third-order valence-corrected chi connectivity index (χ3v) is 3.72. The zero-order valence-corrected chi connectivity index (χ0v) is 11.5. The summed E-state index contributed by atoms with van der Waals surface area (Å²) in [5.41, 5.74) is 0.514. The first-order chi connectivity index (χ1) is 9.34. The number of benzene rings is 1. The zero-order chi connectivity index (χ0) is 15.2. The van der Waals surface area contributed by atoms with E-state index in [1.165, 1.54) is 31.3 Å². The number of nitrogens with one attached hydrogen (secondary N) is 3. The highest BCUT2D eigenvalue weighted by Crippen LogP contribution is 2.09. The second kappa shape index (κ2) is 6.87. The van der Waals surface area contributed by atoms with Crippen LogP contribution in [0.2, 0.25) is 0 Å². The molecule has 0 saturated heterocycles. The van der Waals surface area contributed by atoms with Crippen LogP contribution in [0.4, 0.5) is 10.5 Å². The molecule has 0 spiro atoms. The molecule has 9 heteroatoms. The van der Waals surface area contributed by atoms with Gasteiger partial charge in [0.05, 0.1) is 11.3 Å². The number of carbonyl (C=O) groups excluding carboxylic acids is 1. The molecule has 4 N–H and O–H groups in total. The maximum Gasteiger partial charge on any atom is 0.335 e. The number of sulfonamides is 1. The number of carboxylic acids is 1. The molecule has 0 aliphatic rings. The Balaban J connectivity index is 2.44. The van der Waals surface area contributed by atoms with Crippen molar-refractivity contribution in [3.8, 4) is 0 Å². The summed E-state index contributed by atoms with van der Waals surface area (Å²) in [4.78, 5) is 22.1. The van der Waals surface area contributed by atoms with E-state index in [4.69, 9.17) is 5.11 Å². The molecular formula is C11H15N3O5S.